The maximum absolute atomic E-state index is 12.7. The van der Waals surface area contributed by atoms with E-state index in [2.05, 4.69) is 15.6 Å². The van der Waals surface area contributed by atoms with Gasteiger partial charge in [-0.15, -0.1) is 0 Å². The number of carbonyl (C=O) groups is 1. The van der Waals surface area contributed by atoms with Crippen LogP contribution in [-0.4, -0.2) is 17.8 Å². The Bertz CT molecular complexity index is 1080. The Morgan fingerprint density at radius 3 is 2.27 bits per heavy atom. The third kappa shape index (κ3) is 4.26. The summed E-state index contributed by atoms with van der Waals surface area (Å²) in [5.41, 5.74) is 2.89. The van der Waals surface area contributed by atoms with Gasteiger partial charge in [-0.3, -0.25) is 15.1 Å². The van der Waals surface area contributed by atoms with Crippen LogP contribution >= 0.6 is 0 Å². The minimum Gasteiger partial charge on any atom is -0.322 e. The number of amides is 1. The summed E-state index contributed by atoms with van der Waals surface area (Å²) in [6.45, 7) is 0.193. The van der Waals surface area contributed by atoms with Crippen molar-refractivity contribution in [1.82, 2.24) is 5.32 Å². The van der Waals surface area contributed by atoms with Gasteiger partial charge in [0.15, 0.2) is 6.17 Å². The molecular weight excluding hydrogens is 391 g/mol. The van der Waals surface area contributed by atoms with Crippen molar-refractivity contribution in [3.8, 4) is 0 Å². The van der Waals surface area contributed by atoms with Gasteiger partial charge in [-0.25, -0.2) is 0 Å². The number of aliphatic imine (C=N–C) groups is 1. The summed E-state index contributed by atoms with van der Waals surface area (Å²) in [6.07, 6.45) is -5.27. The van der Waals surface area contributed by atoms with Crippen molar-refractivity contribution in [3.63, 3.8) is 0 Å². The maximum atomic E-state index is 12.7. The molecule has 1 aliphatic heterocycles. The summed E-state index contributed by atoms with van der Waals surface area (Å²) in [6, 6.07) is 21.8. The molecule has 0 aliphatic carbocycles. The molecule has 3 aromatic rings. The van der Waals surface area contributed by atoms with Crippen LogP contribution in [0.25, 0.3) is 0 Å². The molecule has 1 amide bonds. The third-order valence-electron chi connectivity index (χ3n) is 4.77. The standard InChI is InChI=1S/C23H18F3N3O/c24-23(25,26)17-12-10-15(11-13-17)14-27-21-22(30)28-19-9-5-4-8-18(19)20(29-21)16-6-2-1-3-7-16/h1-13,21,27H,14H2,(H,28,30). The highest BCUT2D eigenvalue weighted by Crippen LogP contribution is 2.29. The van der Waals surface area contributed by atoms with E-state index in [0.29, 0.717) is 17.0 Å². The van der Waals surface area contributed by atoms with Crippen LogP contribution in [0.2, 0.25) is 0 Å². The van der Waals surface area contributed by atoms with E-state index in [-0.39, 0.29) is 12.5 Å². The Morgan fingerprint density at radius 1 is 0.900 bits per heavy atom. The highest BCUT2D eigenvalue weighted by atomic mass is 19.4. The van der Waals surface area contributed by atoms with Crippen LogP contribution in [-0.2, 0) is 17.5 Å². The van der Waals surface area contributed by atoms with Crippen molar-refractivity contribution in [3.05, 3.63) is 101 Å². The summed E-state index contributed by atoms with van der Waals surface area (Å²) in [5, 5.41) is 5.91. The first-order valence-electron chi connectivity index (χ1n) is 9.35. The van der Waals surface area contributed by atoms with Crippen molar-refractivity contribution in [2.75, 3.05) is 5.32 Å². The zero-order valence-electron chi connectivity index (χ0n) is 15.8. The summed E-state index contributed by atoms with van der Waals surface area (Å²) in [4.78, 5) is 17.4. The van der Waals surface area contributed by atoms with E-state index >= 15 is 0 Å². The zero-order chi connectivity index (χ0) is 21.1. The number of hydrogen-bond acceptors (Lipinski definition) is 3. The van der Waals surface area contributed by atoms with E-state index in [9.17, 15) is 18.0 Å². The molecule has 1 atom stereocenters. The lowest BCUT2D eigenvalue weighted by molar-refractivity contribution is -0.137. The largest absolute Gasteiger partial charge is 0.416 e. The third-order valence-corrected chi connectivity index (χ3v) is 4.77. The fourth-order valence-corrected chi connectivity index (χ4v) is 3.25. The molecule has 0 saturated heterocycles. The summed E-state index contributed by atoms with van der Waals surface area (Å²) >= 11 is 0. The molecular formula is C23H18F3N3O. The van der Waals surface area contributed by atoms with Gasteiger partial charge in [0.25, 0.3) is 5.91 Å². The number of fused-ring (bicyclic) bond motifs is 1. The first kappa shape index (κ1) is 19.8. The summed E-state index contributed by atoms with van der Waals surface area (Å²) in [5.74, 6) is -0.333. The normalized spacial score (nSPS) is 16.3. The van der Waals surface area contributed by atoms with Crippen molar-refractivity contribution in [2.24, 2.45) is 4.99 Å². The number of nitrogens with zero attached hydrogens (tertiary/aromatic N) is 1. The van der Waals surface area contributed by atoms with Gasteiger partial charge in [-0.1, -0.05) is 60.7 Å². The quantitative estimate of drug-likeness (QED) is 0.661. The summed E-state index contributed by atoms with van der Waals surface area (Å²) in [7, 11) is 0. The minimum atomic E-state index is -4.38. The monoisotopic (exact) mass is 409 g/mol. The number of halogens is 3. The van der Waals surface area contributed by atoms with Crippen LogP contribution < -0.4 is 10.6 Å². The van der Waals surface area contributed by atoms with E-state index < -0.39 is 17.9 Å². The minimum absolute atomic E-state index is 0.193. The Morgan fingerprint density at radius 2 is 1.57 bits per heavy atom. The smallest absolute Gasteiger partial charge is 0.322 e. The second-order valence-corrected chi connectivity index (χ2v) is 6.86. The second-order valence-electron chi connectivity index (χ2n) is 6.86. The van der Waals surface area contributed by atoms with Crippen molar-refractivity contribution >= 4 is 17.3 Å². The first-order valence-corrected chi connectivity index (χ1v) is 9.35. The average Bonchev–Trinajstić information content (AvgIpc) is 2.88. The van der Waals surface area contributed by atoms with Gasteiger partial charge in [-0.2, -0.15) is 13.2 Å². The zero-order valence-corrected chi connectivity index (χ0v) is 15.8. The van der Waals surface area contributed by atoms with Gasteiger partial charge in [0.2, 0.25) is 0 Å². The highest BCUT2D eigenvalue weighted by molar-refractivity contribution is 6.19. The molecule has 0 spiro atoms. The number of rotatable bonds is 4. The molecule has 3 aromatic carbocycles. The highest BCUT2D eigenvalue weighted by Gasteiger charge is 2.30. The second kappa shape index (κ2) is 8.12. The maximum Gasteiger partial charge on any atom is 0.416 e. The molecule has 0 radical (unpaired) electrons. The van der Waals surface area contributed by atoms with Crippen LogP contribution in [0.5, 0.6) is 0 Å². The van der Waals surface area contributed by atoms with E-state index in [4.69, 9.17) is 0 Å². The van der Waals surface area contributed by atoms with Gasteiger partial charge in [0, 0.05) is 17.7 Å². The fraction of sp³-hybridized carbons (Fsp3) is 0.130. The lowest BCUT2D eigenvalue weighted by Gasteiger charge is -2.14. The number of benzene rings is 3. The molecule has 1 heterocycles. The van der Waals surface area contributed by atoms with Crippen LogP contribution in [0.4, 0.5) is 18.9 Å². The van der Waals surface area contributed by atoms with Crippen LogP contribution in [0, 0.1) is 0 Å². The molecule has 7 heteroatoms. The molecule has 30 heavy (non-hydrogen) atoms. The molecule has 1 aliphatic rings. The predicted octanol–water partition coefficient (Wildman–Crippen LogP) is 4.61. The molecule has 0 aromatic heterocycles. The van der Waals surface area contributed by atoms with E-state index in [1.165, 1.54) is 12.1 Å². The van der Waals surface area contributed by atoms with Gasteiger partial charge in [0.1, 0.15) is 0 Å². The Kier molecular flexibility index (Phi) is 5.37. The Labute approximate surface area is 171 Å². The topological polar surface area (TPSA) is 53.5 Å². The van der Waals surface area contributed by atoms with Crippen LogP contribution in [0.1, 0.15) is 22.3 Å². The van der Waals surface area contributed by atoms with Gasteiger partial charge in [-0.05, 0) is 23.8 Å². The molecule has 0 fully saturated rings. The van der Waals surface area contributed by atoms with E-state index in [0.717, 1.165) is 23.3 Å². The fourth-order valence-electron chi connectivity index (χ4n) is 3.25. The number of para-hydroxylation sites is 1. The van der Waals surface area contributed by atoms with Crippen molar-refractivity contribution < 1.29 is 18.0 Å². The lowest BCUT2D eigenvalue weighted by atomic mass is 10.0. The van der Waals surface area contributed by atoms with Gasteiger partial charge in [0.05, 0.1) is 17.0 Å². The number of carbonyl (C=O) groups excluding carboxylic acids is 1. The lowest BCUT2D eigenvalue weighted by Crippen LogP contribution is -2.38. The molecule has 0 bridgehead atoms. The SMILES string of the molecule is O=C1Nc2ccccc2C(c2ccccc2)=NC1NCc1ccc(C(F)(F)F)cc1. The number of alkyl halides is 3. The van der Waals surface area contributed by atoms with Gasteiger partial charge >= 0.3 is 6.18 Å². The molecule has 4 nitrogen and oxygen atoms in total. The van der Waals surface area contributed by atoms with Crippen molar-refractivity contribution in [2.45, 2.75) is 18.9 Å². The number of anilines is 1. The summed E-state index contributed by atoms with van der Waals surface area (Å²) < 4.78 is 38.2. The van der Waals surface area contributed by atoms with Crippen molar-refractivity contribution in [1.29, 1.82) is 0 Å². The Balaban J connectivity index is 1.61. The van der Waals surface area contributed by atoms with E-state index in [1.54, 1.807) is 0 Å². The van der Waals surface area contributed by atoms with Gasteiger partial charge < -0.3 is 5.32 Å². The molecule has 0 saturated carbocycles. The predicted molar refractivity (Wildman–Crippen MR) is 109 cm³/mol. The molecule has 152 valence electrons. The number of benzodiazepines with no additional fused rings is 1. The number of nitrogens with one attached hydrogen (secondary N) is 2. The van der Waals surface area contributed by atoms with Crippen LogP contribution in [0.3, 0.4) is 0 Å². The molecule has 1 unspecified atom stereocenters. The van der Waals surface area contributed by atoms with E-state index in [1.807, 2.05) is 54.6 Å². The molecule has 4 rings (SSSR count). The van der Waals surface area contributed by atoms with Crippen LogP contribution in [0.15, 0.2) is 83.9 Å². The molecule has 2 N–H and O–H groups in total. The Hall–Kier alpha value is -3.45. The number of hydrogen-bond donors (Lipinski definition) is 2. The first-order chi connectivity index (χ1) is 14.4. The average molecular weight is 409 g/mol.